The summed E-state index contributed by atoms with van der Waals surface area (Å²) in [5.41, 5.74) is 4.87. The number of hydrogen-bond acceptors (Lipinski definition) is 3. The Hall–Kier alpha value is -1.66. The predicted molar refractivity (Wildman–Crippen MR) is 112 cm³/mol. The van der Waals surface area contributed by atoms with Crippen LogP contribution in [0.15, 0.2) is 23.1 Å². The monoisotopic (exact) mass is 404 g/mol. The molecule has 3 rings (SSSR count). The van der Waals surface area contributed by atoms with Crippen molar-refractivity contribution in [3.63, 3.8) is 0 Å². The van der Waals surface area contributed by atoms with Crippen molar-refractivity contribution in [3.05, 3.63) is 40.5 Å². The zero-order chi connectivity index (χ0) is 20.6. The van der Waals surface area contributed by atoms with Gasteiger partial charge in [-0.3, -0.25) is 4.79 Å². The van der Waals surface area contributed by atoms with Gasteiger partial charge in [-0.25, -0.2) is 8.42 Å². The Labute approximate surface area is 169 Å². The highest BCUT2D eigenvalue weighted by Crippen LogP contribution is 2.32. The van der Waals surface area contributed by atoms with E-state index in [0.29, 0.717) is 30.8 Å². The Morgan fingerprint density at radius 3 is 1.96 bits per heavy atom. The second kappa shape index (κ2) is 7.99. The Morgan fingerprint density at radius 1 is 0.964 bits per heavy atom. The highest BCUT2D eigenvalue weighted by Gasteiger charge is 2.35. The molecule has 2 aliphatic heterocycles. The average Bonchev–Trinajstić information content (AvgIpc) is 2.66. The van der Waals surface area contributed by atoms with Gasteiger partial charge in [0.15, 0.2) is 0 Å². The fourth-order valence-electron chi connectivity index (χ4n) is 4.34. The van der Waals surface area contributed by atoms with Crippen molar-refractivity contribution in [2.24, 2.45) is 5.92 Å². The van der Waals surface area contributed by atoms with E-state index in [0.717, 1.165) is 48.2 Å². The van der Waals surface area contributed by atoms with Gasteiger partial charge < -0.3 is 4.90 Å². The Morgan fingerprint density at radius 2 is 1.46 bits per heavy atom. The fraction of sp³-hybridized carbons (Fsp3) is 0.591. The van der Waals surface area contributed by atoms with Gasteiger partial charge in [-0.1, -0.05) is 18.2 Å². The van der Waals surface area contributed by atoms with Crippen LogP contribution in [0, 0.1) is 33.6 Å². The summed E-state index contributed by atoms with van der Waals surface area (Å²) in [6, 6.07) is 2.04. The van der Waals surface area contributed by atoms with Crippen molar-refractivity contribution in [2.75, 3.05) is 26.2 Å². The van der Waals surface area contributed by atoms with Crippen molar-refractivity contribution in [3.8, 4) is 0 Å². The molecule has 1 aromatic carbocycles. The van der Waals surface area contributed by atoms with Gasteiger partial charge in [-0.2, -0.15) is 4.31 Å². The van der Waals surface area contributed by atoms with Crippen LogP contribution in [0.4, 0.5) is 0 Å². The second-order valence-electron chi connectivity index (χ2n) is 8.34. The first-order valence-electron chi connectivity index (χ1n) is 10.2. The summed E-state index contributed by atoms with van der Waals surface area (Å²) in [5.74, 6) is 0.113. The van der Waals surface area contributed by atoms with Crippen LogP contribution in [0.2, 0.25) is 0 Å². The summed E-state index contributed by atoms with van der Waals surface area (Å²) in [6.07, 6.45) is 2.95. The summed E-state index contributed by atoms with van der Waals surface area (Å²) in [4.78, 5) is 15.2. The van der Waals surface area contributed by atoms with Gasteiger partial charge in [-0.05, 0) is 75.6 Å². The third-order valence-corrected chi connectivity index (χ3v) is 8.65. The standard InChI is InChI=1S/C22H32N2O3S/c1-15-6-10-23(11-7-15)22(25)20-8-12-24(13-9-20)28(26,27)21-18(4)16(2)14-17(3)19(21)5/h14,20H,1,6-13H2,2-5H3. The number of piperidine rings is 2. The predicted octanol–water partition coefficient (Wildman–Crippen LogP) is 3.50. The molecule has 1 aromatic rings. The molecule has 0 spiro atoms. The summed E-state index contributed by atoms with van der Waals surface area (Å²) in [7, 11) is -3.55. The van der Waals surface area contributed by atoms with E-state index in [4.69, 9.17) is 0 Å². The van der Waals surface area contributed by atoms with E-state index in [2.05, 4.69) is 6.58 Å². The van der Waals surface area contributed by atoms with Crippen LogP contribution in [0.1, 0.15) is 47.9 Å². The quantitative estimate of drug-likeness (QED) is 0.725. The van der Waals surface area contributed by atoms with Crippen molar-refractivity contribution in [1.29, 1.82) is 0 Å². The molecule has 154 valence electrons. The van der Waals surface area contributed by atoms with E-state index < -0.39 is 10.0 Å². The second-order valence-corrected chi connectivity index (χ2v) is 10.2. The fourth-order valence-corrected chi connectivity index (χ4v) is 6.39. The van der Waals surface area contributed by atoms with E-state index in [1.807, 2.05) is 38.7 Å². The van der Waals surface area contributed by atoms with Gasteiger partial charge in [0.05, 0.1) is 4.90 Å². The first-order valence-corrected chi connectivity index (χ1v) is 11.6. The molecule has 0 radical (unpaired) electrons. The number of nitrogens with zero attached hydrogens (tertiary/aromatic N) is 2. The smallest absolute Gasteiger partial charge is 0.243 e. The Balaban J connectivity index is 1.73. The van der Waals surface area contributed by atoms with Gasteiger partial charge in [0.25, 0.3) is 0 Å². The van der Waals surface area contributed by atoms with Crippen LogP contribution in [0.5, 0.6) is 0 Å². The third-order valence-electron chi connectivity index (χ3n) is 6.48. The van der Waals surface area contributed by atoms with E-state index in [1.165, 1.54) is 5.57 Å². The molecular weight excluding hydrogens is 372 g/mol. The molecule has 2 aliphatic rings. The van der Waals surface area contributed by atoms with E-state index >= 15 is 0 Å². The summed E-state index contributed by atoms with van der Waals surface area (Å²) in [6.45, 7) is 14.0. The summed E-state index contributed by atoms with van der Waals surface area (Å²) in [5, 5.41) is 0. The molecule has 0 saturated carbocycles. The number of benzene rings is 1. The van der Waals surface area contributed by atoms with Gasteiger partial charge in [0.1, 0.15) is 0 Å². The van der Waals surface area contributed by atoms with E-state index in [1.54, 1.807) is 4.31 Å². The van der Waals surface area contributed by atoms with Crippen LogP contribution in [-0.2, 0) is 14.8 Å². The van der Waals surface area contributed by atoms with Gasteiger partial charge in [0, 0.05) is 32.1 Å². The minimum atomic E-state index is -3.55. The third kappa shape index (κ3) is 3.90. The molecule has 0 aromatic heterocycles. The van der Waals surface area contributed by atoms with Crippen LogP contribution in [0.25, 0.3) is 0 Å². The maximum Gasteiger partial charge on any atom is 0.243 e. The molecular formula is C22H32N2O3S. The van der Waals surface area contributed by atoms with Crippen LogP contribution < -0.4 is 0 Å². The SMILES string of the molecule is C=C1CCN(C(=O)C2CCN(S(=O)(=O)c3c(C)c(C)cc(C)c3C)CC2)CC1. The molecule has 2 heterocycles. The molecule has 0 atom stereocenters. The zero-order valence-electron chi connectivity index (χ0n) is 17.5. The number of amides is 1. The lowest BCUT2D eigenvalue weighted by Gasteiger charge is -2.36. The minimum absolute atomic E-state index is 0.0701. The molecule has 0 aliphatic carbocycles. The zero-order valence-corrected chi connectivity index (χ0v) is 18.4. The molecule has 6 heteroatoms. The average molecular weight is 405 g/mol. The molecule has 0 N–H and O–H groups in total. The maximum atomic E-state index is 13.4. The number of likely N-dealkylation sites (tertiary alicyclic amines) is 1. The number of hydrogen-bond donors (Lipinski definition) is 0. The molecule has 2 fully saturated rings. The summed E-state index contributed by atoms with van der Waals surface area (Å²) >= 11 is 0. The van der Waals surface area contributed by atoms with Crippen LogP contribution in [-0.4, -0.2) is 49.7 Å². The molecule has 0 unspecified atom stereocenters. The van der Waals surface area contributed by atoms with Crippen molar-refractivity contribution in [2.45, 2.75) is 58.3 Å². The van der Waals surface area contributed by atoms with Crippen molar-refractivity contribution in [1.82, 2.24) is 9.21 Å². The Bertz CT molecular complexity index is 861. The lowest BCUT2D eigenvalue weighted by Crippen LogP contribution is -2.46. The van der Waals surface area contributed by atoms with E-state index in [-0.39, 0.29) is 11.8 Å². The molecule has 2 saturated heterocycles. The highest BCUT2D eigenvalue weighted by atomic mass is 32.2. The van der Waals surface area contributed by atoms with Gasteiger partial charge in [0.2, 0.25) is 15.9 Å². The lowest BCUT2D eigenvalue weighted by atomic mass is 9.95. The molecule has 5 nitrogen and oxygen atoms in total. The number of carbonyl (C=O) groups excluding carboxylic acids is 1. The van der Waals surface area contributed by atoms with E-state index in [9.17, 15) is 13.2 Å². The Kier molecular flexibility index (Phi) is 6.01. The van der Waals surface area contributed by atoms with Gasteiger partial charge >= 0.3 is 0 Å². The van der Waals surface area contributed by atoms with Crippen LogP contribution >= 0.6 is 0 Å². The minimum Gasteiger partial charge on any atom is -0.342 e. The molecule has 28 heavy (non-hydrogen) atoms. The first kappa shape index (κ1) is 21.1. The topological polar surface area (TPSA) is 57.7 Å². The normalized spacial score (nSPS) is 19.9. The van der Waals surface area contributed by atoms with Crippen molar-refractivity contribution < 1.29 is 13.2 Å². The number of sulfonamides is 1. The van der Waals surface area contributed by atoms with Gasteiger partial charge in [-0.15, -0.1) is 0 Å². The van der Waals surface area contributed by atoms with Crippen molar-refractivity contribution >= 4 is 15.9 Å². The highest BCUT2D eigenvalue weighted by molar-refractivity contribution is 7.89. The molecule has 1 amide bonds. The summed E-state index contributed by atoms with van der Waals surface area (Å²) < 4.78 is 28.3. The van der Waals surface area contributed by atoms with Crippen LogP contribution in [0.3, 0.4) is 0 Å². The maximum absolute atomic E-state index is 13.4. The number of rotatable bonds is 3. The molecule has 0 bridgehead atoms. The number of carbonyl (C=O) groups is 1. The first-order chi connectivity index (χ1) is 13.1. The lowest BCUT2D eigenvalue weighted by molar-refractivity contribution is -0.137. The largest absolute Gasteiger partial charge is 0.342 e. The number of aryl methyl sites for hydroxylation is 2.